The molecule has 1 N–H and O–H groups in total. The zero-order valence-electron chi connectivity index (χ0n) is 18.1. The Bertz CT molecular complexity index is 851. The van der Waals surface area contributed by atoms with Crippen LogP contribution in [0.2, 0.25) is 0 Å². The van der Waals surface area contributed by atoms with Gasteiger partial charge in [0.2, 0.25) is 24.0 Å². The summed E-state index contributed by atoms with van der Waals surface area (Å²) >= 11 is 18.2. The lowest BCUT2D eigenvalue weighted by Crippen LogP contribution is -2.69. The predicted molar refractivity (Wildman–Crippen MR) is 118 cm³/mol. The molecule has 0 radical (unpaired) electrons. The monoisotopic (exact) mass is 562 g/mol. The lowest BCUT2D eigenvalue weighted by Gasteiger charge is -2.48. The van der Waals surface area contributed by atoms with E-state index in [-0.39, 0.29) is 11.5 Å². The standard InChI is InChI=1S/C18H21Cl3N2O10S/c1-7(24)29-4-10-14(30-8(2)25)15(31-9(3)26)13(23-11(27)5-34-6-12(23)28)16(32-10)33-17(22)18(19,20)21/h10,13-16,22H,4-6H2,1-3H3/t10-,13-,14-,15-,16+/m1/s1. The number of esters is 3. The van der Waals surface area contributed by atoms with Gasteiger partial charge in [0.15, 0.2) is 12.2 Å². The van der Waals surface area contributed by atoms with Crippen molar-refractivity contribution < 1.29 is 47.7 Å². The Labute approximate surface area is 213 Å². The lowest BCUT2D eigenvalue weighted by molar-refractivity contribution is -0.272. The molecule has 0 aromatic rings. The summed E-state index contributed by atoms with van der Waals surface area (Å²) in [6, 6.07) is -1.55. The molecule has 5 atom stereocenters. The number of nitrogens with zero attached hydrogens (tertiary/aromatic N) is 1. The number of alkyl halides is 3. The molecule has 0 aromatic carbocycles. The van der Waals surface area contributed by atoms with Gasteiger partial charge in [0.05, 0.1) is 11.5 Å². The van der Waals surface area contributed by atoms with Crippen LogP contribution in [0, 0.1) is 5.41 Å². The Kier molecular flexibility index (Phi) is 9.83. The van der Waals surface area contributed by atoms with E-state index in [0.29, 0.717) is 0 Å². The van der Waals surface area contributed by atoms with Gasteiger partial charge in [-0.2, -0.15) is 0 Å². The van der Waals surface area contributed by atoms with Crippen LogP contribution in [-0.4, -0.2) is 93.1 Å². The van der Waals surface area contributed by atoms with Crippen LogP contribution in [0.5, 0.6) is 0 Å². The number of carbonyl (C=O) groups is 5. The number of carbonyl (C=O) groups excluding carboxylic acids is 5. The average Bonchev–Trinajstić information content (AvgIpc) is 2.68. The number of thioether (sulfide) groups is 1. The molecule has 0 bridgehead atoms. The third-order valence-corrected chi connectivity index (χ3v) is 5.86. The number of rotatable bonds is 6. The zero-order valence-corrected chi connectivity index (χ0v) is 21.2. The molecule has 2 aliphatic heterocycles. The fourth-order valence-electron chi connectivity index (χ4n) is 3.27. The van der Waals surface area contributed by atoms with E-state index in [1.807, 2.05) is 0 Å². The third-order valence-electron chi connectivity index (χ3n) is 4.45. The Morgan fingerprint density at radius 1 is 1.00 bits per heavy atom. The first-order valence-corrected chi connectivity index (χ1v) is 11.9. The van der Waals surface area contributed by atoms with Gasteiger partial charge >= 0.3 is 17.9 Å². The van der Waals surface area contributed by atoms with Gasteiger partial charge in [-0.15, -0.1) is 11.8 Å². The van der Waals surface area contributed by atoms with Crippen molar-refractivity contribution in [3.8, 4) is 0 Å². The molecule has 12 nitrogen and oxygen atoms in total. The first-order valence-electron chi connectivity index (χ1n) is 9.60. The molecule has 16 heteroatoms. The number of hydrogen-bond donors (Lipinski definition) is 1. The summed E-state index contributed by atoms with van der Waals surface area (Å²) in [6.45, 7) is 2.73. The highest BCUT2D eigenvalue weighted by Crippen LogP contribution is 2.35. The van der Waals surface area contributed by atoms with Gasteiger partial charge in [0.1, 0.15) is 18.8 Å². The van der Waals surface area contributed by atoms with E-state index < -0.39 is 76.7 Å². The molecule has 0 aliphatic carbocycles. The van der Waals surface area contributed by atoms with Crippen molar-refractivity contribution in [1.29, 1.82) is 5.41 Å². The van der Waals surface area contributed by atoms with Crippen molar-refractivity contribution >= 4 is 82.2 Å². The van der Waals surface area contributed by atoms with Gasteiger partial charge in [-0.25, -0.2) is 0 Å². The van der Waals surface area contributed by atoms with Crippen molar-refractivity contribution in [2.45, 2.75) is 55.2 Å². The Balaban J connectivity index is 2.60. The van der Waals surface area contributed by atoms with E-state index >= 15 is 0 Å². The van der Waals surface area contributed by atoms with E-state index in [2.05, 4.69) is 0 Å². The molecular formula is C18H21Cl3N2O10S. The highest BCUT2D eigenvalue weighted by molar-refractivity contribution is 8.00. The molecule has 2 heterocycles. The van der Waals surface area contributed by atoms with E-state index in [1.54, 1.807) is 0 Å². The van der Waals surface area contributed by atoms with Gasteiger partial charge in [-0.3, -0.25) is 34.3 Å². The number of imide groups is 1. The zero-order chi connectivity index (χ0) is 25.8. The number of hydrogen-bond acceptors (Lipinski definition) is 12. The molecule has 0 saturated carbocycles. The minimum absolute atomic E-state index is 0.0985. The molecule has 0 aromatic heterocycles. The predicted octanol–water partition coefficient (Wildman–Crippen LogP) is 0.972. The van der Waals surface area contributed by atoms with E-state index in [9.17, 15) is 24.0 Å². The summed E-state index contributed by atoms with van der Waals surface area (Å²) in [4.78, 5) is 61.4. The van der Waals surface area contributed by atoms with Crippen LogP contribution in [0.25, 0.3) is 0 Å². The maximum Gasteiger partial charge on any atom is 0.303 e. The van der Waals surface area contributed by atoms with Crippen LogP contribution < -0.4 is 0 Å². The highest BCUT2D eigenvalue weighted by Gasteiger charge is 2.57. The topological polar surface area (TPSA) is 159 Å². The third kappa shape index (κ3) is 7.35. The average molecular weight is 564 g/mol. The van der Waals surface area contributed by atoms with Gasteiger partial charge < -0.3 is 23.7 Å². The Morgan fingerprint density at radius 2 is 1.53 bits per heavy atom. The van der Waals surface area contributed by atoms with Crippen molar-refractivity contribution in [3.05, 3.63) is 0 Å². The van der Waals surface area contributed by atoms with Crippen LogP contribution in [0.3, 0.4) is 0 Å². The summed E-state index contributed by atoms with van der Waals surface area (Å²) in [7, 11) is 0. The fourth-order valence-corrected chi connectivity index (χ4v) is 4.14. The molecule has 2 amide bonds. The number of amides is 2. The normalized spacial score (nSPS) is 27.6. The van der Waals surface area contributed by atoms with Crippen LogP contribution in [0.4, 0.5) is 0 Å². The molecule has 34 heavy (non-hydrogen) atoms. The largest absolute Gasteiger partial charge is 0.463 e. The molecule has 2 rings (SSSR count). The molecular weight excluding hydrogens is 543 g/mol. The summed E-state index contributed by atoms with van der Waals surface area (Å²) in [5.41, 5.74) is 0. The van der Waals surface area contributed by atoms with Gasteiger partial charge in [0, 0.05) is 20.8 Å². The smallest absolute Gasteiger partial charge is 0.303 e. The fraction of sp³-hybridized carbons (Fsp3) is 0.667. The summed E-state index contributed by atoms with van der Waals surface area (Å²) in [6.07, 6.45) is -6.02. The molecule has 0 spiro atoms. The van der Waals surface area contributed by atoms with Crippen LogP contribution in [0.1, 0.15) is 20.8 Å². The van der Waals surface area contributed by atoms with Crippen LogP contribution >= 0.6 is 46.6 Å². The molecule has 190 valence electrons. The quantitative estimate of drug-likeness (QED) is 0.123. The van der Waals surface area contributed by atoms with Crippen LogP contribution in [-0.2, 0) is 47.7 Å². The number of ether oxygens (including phenoxy) is 5. The van der Waals surface area contributed by atoms with Gasteiger partial charge in [0.25, 0.3) is 3.79 Å². The Hall–Kier alpha value is -1.80. The van der Waals surface area contributed by atoms with Crippen molar-refractivity contribution in [2.75, 3.05) is 18.1 Å². The maximum absolute atomic E-state index is 12.7. The molecule has 2 saturated heterocycles. The van der Waals surface area contributed by atoms with E-state index in [0.717, 1.165) is 37.4 Å². The van der Waals surface area contributed by atoms with Crippen molar-refractivity contribution in [2.24, 2.45) is 0 Å². The molecule has 2 fully saturated rings. The molecule has 0 unspecified atom stereocenters. The maximum atomic E-state index is 12.7. The summed E-state index contributed by atoms with van der Waals surface area (Å²) in [5.74, 6) is -4.88. The minimum Gasteiger partial charge on any atom is -0.463 e. The minimum atomic E-state index is -2.35. The SMILES string of the molecule is CC(=O)OC[C@H]1O[C@@H](OC(=N)C(Cl)(Cl)Cl)[C@H](N2C(=O)CSCC2=O)[C@@H](OC(C)=O)[C@@H]1OC(C)=O. The summed E-state index contributed by atoms with van der Waals surface area (Å²) in [5, 5.41) is 7.92. The van der Waals surface area contributed by atoms with Crippen molar-refractivity contribution in [1.82, 2.24) is 4.90 Å². The van der Waals surface area contributed by atoms with Gasteiger partial charge in [-0.1, -0.05) is 34.8 Å². The first-order chi connectivity index (χ1) is 15.7. The van der Waals surface area contributed by atoms with E-state index in [4.69, 9.17) is 63.9 Å². The number of nitrogens with one attached hydrogen (secondary N) is 1. The van der Waals surface area contributed by atoms with Crippen molar-refractivity contribution in [3.63, 3.8) is 0 Å². The second-order valence-corrected chi connectivity index (χ2v) is 10.3. The summed E-state index contributed by atoms with van der Waals surface area (Å²) < 4.78 is 24.4. The second-order valence-electron chi connectivity index (χ2n) is 7.08. The van der Waals surface area contributed by atoms with Crippen LogP contribution in [0.15, 0.2) is 0 Å². The second kappa shape index (κ2) is 11.8. The number of halogens is 3. The van der Waals surface area contributed by atoms with Gasteiger partial charge in [-0.05, 0) is 0 Å². The lowest BCUT2D eigenvalue weighted by atomic mass is 9.94. The molecule has 2 aliphatic rings. The van der Waals surface area contributed by atoms with E-state index in [1.165, 1.54) is 0 Å². The first kappa shape index (κ1) is 28.4. The Morgan fingerprint density at radius 3 is 2.00 bits per heavy atom. The highest BCUT2D eigenvalue weighted by atomic mass is 35.6.